The summed E-state index contributed by atoms with van der Waals surface area (Å²) in [4.78, 5) is 8.90. The Morgan fingerprint density at radius 2 is 1.76 bits per heavy atom. The van der Waals surface area contributed by atoms with Crippen LogP contribution in [0, 0.1) is 5.82 Å². The average Bonchev–Trinajstić information content (AvgIpc) is 2.38. The summed E-state index contributed by atoms with van der Waals surface area (Å²) in [6.07, 6.45) is -4.42. The Labute approximate surface area is 117 Å². The monoisotopic (exact) mass is 304 g/mol. The molecule has 114 valence electrons. The third-order valence-corrected chi connectivity index (χ3v) is 2.65. The topological polar surface area (TPSA) is 57.5 Å². The van der Waals surface area contributed by atoms with E-state index in [1.165, 1.54) is 6.07 Å². The van der Waals surface area contributed by atoms with Crippen LogP contribution in [0.2, 0.25) is 0 Å². The van der Waals surface area contributed by atoms with Crippen LogP contribution in [0.4, 0.5) is 17.6 Å². The maximum Gasteiger partial charge on any atom is 0.490 e. The number of aromatic hydroxyl groups is 1. The van der Waals surface area contributed by atoms with Crippen molar-refractivity contribution in [1.82, 2.24) is 0 Å². The zero-order valence-electron chi connectivity index (χ0n) is 10.9. The van der Waals surface area contributed by atoms with Gasteiger partial charge in [-0.2, -0.15) is 13.2 Å². The van der Waals surface area contributed by atoms with Crippen LogP contribution in [0.1, 0.15) is 12.5 Å². The molecule has 2 N–H and O–H groups in total. The highest BCUT2D eigenvalue weighted by molar-refractivity contribution is 5.87. The van der Waals surface area contributed by atoms with Gasteiger partial charge in [-0.25, -0.2) is 9.18 Å². The summed E-state index contributed by atoms with van der Waals surface area (Å²) in [6, 6.07) is 8.12. The molecule has 2 rings (SSSR count). The van der Waals surface area contributed by atoms with Crippen molar-refractivity contribution in [2.75, 3.05) is 0 Å². The molecule has 0 aliphatic carbocycles. The van der Waals surface area contributed by atoms with E-state index in [9.17, 15) is 22.7 Å². The van der Waals surface area contributed by atoms with E-state index >= 15 is 0 Å². The largest absolute Gasteiger partial charge is 0.508 e. The van der Waals surface area contributed by atoms with Crippen molar-refractivity contribution < 1.29 is 32.6 Å². The molecule has 0 heterocycles. The molecule has 0 aliphatic rings. The second-order valence-corrected chi connectivity index (χ2v) is 4.09. The predicted molar refractivity (Wildman–Crippen MR) is 68.6 cm³/mol. The molecular formula is C14H12F4O3. The lowest BCUT2D eigenvalue weighted by Gasteiger charge is -2.05. The number of phenols is 1. The van der Waals surface area contributed by atoms with Gasteiger partial charge >= 0.3 is 12.1 Å². The lowest BCUT2D eigenvalue weighted by Crippen LogP contribution is -2.21. The molecule has 0 saturated heterocycles. The van der Waals surface area contributed by atoms with Gasteiger partial charge in [0, 0.05) is 0 Å². The molecule has 2 aromatic rings. The summed E-state index contributed by atoms with van der Waals surface area (Å²) < 4.78 is 45.1. The number of carbonyl (C=O) groups is 1. The Bertz CT molecular complexity index is 650. The van der Waals surface area contributed by atoms with Crippen LogP contribution in [0.3, 0.4) is 0 Å². The summed E-state index contributed by atoms with van der Waals surface area (Å²) >= 11 is 0. The Morgan fingerprint density at radius 3 is 2.24 bits per heavy atom. The lowest BCUT2D eigenvalue weighted by molar-refractivity contribution is -0.192. The molecule has 0 radical (unpaired) electrons. The zero-order chi connectivity index (χ0) is 16.2. The van der Waals surface area contributed by atoms with Gasteiger partial charge in [-0.05, 0) is 41.0 Å². The van der Waals surface area contributed by atoms with Crippen molar-refractivity contribution in [1.29, 1.82) is 0 Å². The van der Waals surface area contributed by atoms with Gasteiger partial charge in [-0.3, -0.25) is 0 Å². The van der Waals surface area contributed by atoms with Crippen molar-refractivity contribution in [3.63, 3.8) is 0 Å². The molecule has 2 aromatic carbocycles. The number of carboxylic acids is 1. The van der Waals surface area contributed by atoms with Gasteiger partial charge in [0.15, 0.2) is 0 Å². The molecule has 7 heteroatoms. The first kappa shape index (κ1) is 16.7. The molecule has 21 heavy (non-hydrogen) atoms. The minimum atomic E-state index is -5.08. The van der Waals surface area contributed by atoms with Crippen molar-refractivity contribution >= 4 is 16.7 Å². The van der Waals surface area contributed by atoms with E-state index in [0.717, 1.165) is 10.8 Å². The lowest BCUT2D eigenvalue weighted by atomic mass is 10.0. The third kappa shape index (κ3) is 4.34. The van der Waals surface area contributed by atoms with Crippen LogP contribution in [0.25, 0.3) is 10.8 Å². The minimum absolute atomic E-state index is 0.175. The molecule has 0 spiro atoms. The number of benzene rings is 2. The summed E-state index contributed by atoms with van der Waals surface area (Å²) in [5, 5.41) is 18.2. The first-order valence-corrected chi connectivity index (χ1v) is 5.87. The van der Waals surface area contributed by atoms with E-state index in [2.05, 4.69) is 0 Å². The number of carboxylic acid groups (broad SMARTS) is 1. The van der Waals surface area contributed by atoms with Gasteiger partial charge < -0.3 is 10.2 Å². The number of hydrogen-bond acceptors (Lipinski definition) is 2. The number of aliphatic carboxylic acids is 1. The van der Waals surface area contributed by atoms with Crippen LogP contribution in [0.5, 0.6) is 5.75 Å². The zero-order valence-corrected chi connectivity index (χ0v) is 10.9. The van der Waals surface area contributed by atoms with E-state index in [0.29, 0.717) is 12.0 Å². The fourth-order valence-electron chi connectivity index (χ4n) is 1.71. The van der Waals surface area contributed by atoms with Crippen molar-refractivity contribution in [3.8, 4) is 5.75 Å². The first-order chi connectivity index (χ1) is 9.66. The van der Waals surface area contributed by atoms with Crippen LogP contribution in [-0.4, -0.2) is 22.4 Å². The summed E-state index contributed by atoms with van der Waals surface area (Å²) in [6.45, 7) is 1.92. The van der Waals surface area contributed by atoms with Crippen molar-refractivity contribution in [2.45, 2.75) is 19.5 Å². The van der Waals surface area contributed by atoms with Gasteiger partial charge in [0.1, 0.15) is 11.6 Å². The standard InChI is InChI=1S/C12H11FO.C2HF3O2/c1-2-10-11-5-4-9(14)7-8(11)3-6-12(10)13;3-2(4,5)1(6)7/h3-7,14H,2H2,1H3;(H,6,7). The second-order valence-electron chi connectivity index (χ2n) is 4.09. The van der Waals surface area contributed by atoms with Gasteiger partial charge in [0.05, 0.1) is 0 Å². The fraction of sp³-hybridized carbons (Fsp3) is 0.214. The first-order valence-electron chi connectivity index (χ1n) is 5.87. The SMILES string of the molecule is CCc1c(F)ccc2cc(O)ccc12.O=C(O)C(F)(F)F. The van der Waals surface area contributed by atoms with Crippen LogP contribution in [0.15, 0.2) is 30.3 Å². The van der Waals surface area contributed by atoms with E-state index in [-0.39, 0.29) is 11.6 Å². The molecule has 0 unspecified atom stereocenters. The van der Waals surface area contributed by atoms with Gasteiger partial charge in [-0.15, -0.1) is 0 Å². The Hall–Kier alpha value is -2.31. The maximum absolute atomic E-state index is 13.4. The number of fused-ring (bicyclic) bond motifs is 1. The number of aryl methyl sites for hydroxylation is 1. The highest BCUT2D eigenvalue weighted by Crippen LogP contribution is 2.25. The molecule has 0 atom stereocenters. The molecule has 0 aliphatic heterocycles. The molecule has 0 amide bonds. The Kier molecular flexibility index (Phi) is 5.12. The molecule has 0 bridgehead atoms. The van der Waals surface area contributed by atoms with Crippen LogP contribution >= 0.6 is 0 Å². The minimum Gasteiger partial charge on any atom is -0.508 e. The highest BCUT2D eigenvalue weighted by Gasteiger charge is 2.38. The molecule has 0 aromatic heterocycles. The summed E-state index contributed by atoms with van der Waals surface area (Å²) in [7, 11) is 0. The number of alkyl halides is 3. The molecule has 3 nitrogen and oxygen atoms in total. The normalized spacial score (nSPS) is 10.9. The smallest absolute Gasteiger partial charge is 0.490 e. The van der Waals surface area contributed by atoms with Gasteiger partial charge in [0.2, 0.25) is 0 Å². The fourth-order valence-corrected chi connectivity index (χ4v) is 1.71. The molecule has 0 fully saturated rings. The number of phenolic OH excluding ortho intramolecular Hbond substituents is 1. The van der Waals surface area contributed by atoms with Crippen LogP contribution < -0.4 is 0 Å². The third-order valence-electron chi connectivity index (χ3n) is 2.65. The van der Waals surface area contributed by atoms with Gasteiger partial charge in [-0.1, -0.05) is 19.1 Å². The van der Waals surface area contributed by atoms with E-state index in [1.807, 2.05) is 6.92 Å². The molecule has 0 saturated carbocycles. The van der Waals surface area contributed by atoms with E-state index in [4.69, 9.17) is 9.90 Å². The number of hydrogen-bond donors (Lipinski definition) is 2. The Morgan fingerprint density at radius 1 is 1.19 bits per heavy atom. The summed E-state index contributed by atoms with van der Waals surface area (Å²) in [5.74, 6) is -2.72. The number of rotatable bonds is 1. The van der Waals surface area contributed by atoms with E-state index in [1.54, 1.807) is 24.3 Å². The highest BCUT2D eigenvalue weighted by atomic mass is 19.4. The van der Waals surface area contributed by atoms with Gasteiger partial charge in [0.25, 0.3) is 0 Å². The maximum atomic E-state index is 13.4. The quantitative estimate of drug-likeness (QED) is 0.786. The van der Waals surface area contributed by atoms with Crippen molar-refractivity contribution in [3.05, 3.63) is 41.7 Å². The van der Waals surface area contributed by atoms with Crippen LogP contribution in [-0.2, 0) is 11.2 Å². The molecular weight excluding hydrogens is 292 g/mol. The van der Waals surface area contributed by atoms with E-state index < -0.39 is 12.1 Å². The average molecular weight is 304 g/mol. The number of halogens is 4. The Balaban J connectivity index is 0.000000270. The second kappa shape index (κ2) is 6.43. The summed E-state index contributed by atoms with van der Waals surface area (Å²) in [5.41, 5.74) is 0.711. The van der Waals surface area contributed by atoms with Crippen molar-refractivity contribution in [2.24, 2.45) is 0 Å². The predicted octanol–water partition coefficient (Wildman–Crippen LogP) is 3.88.